The van der Waals surface area contributed by atoms with Gasteiger partial charge in [0.1, 0.15) is 0 Å². The fraction of sp³-hybridized carbons (Fsp3) is 0.529. The highest BCUT2D eigenvalue weighted by atomic mass is 16.2. The van der Waals surface area contributed by atoms with Crippen LogP contribution >= 0.6 is 0 Å². The fourth-order valence-corrected chi connectivity index (χ4v) is 2.65. The molecule has 6 nitrogen and oxygen atoms in total. The average Bonchev–Trinajstić information content (AvgIpc) is 3.05. The van der Waals surface area contributed by atoms with Crippen molar-refractivity contribution in [3.63, 3.8) is 0 Å². The van der Waals surface area contributed by atoms with Crippen LogP contribution in [0.25, 0.3) is 0 Å². The van der Waals surface area contributed by atoms with Crippen molar-refractivity contribution in [1.29, 1.82) is 0 Å². The molecule has 0 aromatic heterocycles. The number of nitrogens with two attached hydrogens (primary N) is 1. The summed E-state index contributed by atoms with van der Waals surface area (Å²) in [6.07, 6.45) is 3.86. The zero-order chi connectivity index (χ0) is 16.5. The lowest BCUT2D eigenvalue weighted by Crippen LogP contribution is -2.32. The summed E-state index contributed by atoms with van der Waals surface area (Å²) in [5.41, 5.74) is 6.74. The number of amides is 2. The van der Waals surface area contributed by atoms with Crippen LogP contribution in [0.1, 0.15) is 36.0 Å². The third kappa shape index (κ3) is 6.28. The van der Waals surface area contributed by atoms with E-state index in [0.29, 0.717) is 30.8 Å². The van der Waals surface area contributed by atoms with Crippen LogP contribution < -0.4 is 16.4 Å². The van der Waals surface area contributed by atoms with Crippen LogP contribution in [-0.2, 0) is 4.79 Å². The molecule has 1 aromatic carbocycles. The quantitative estimate of drug-likeness (QED) is 0.493. The van der Waals surface area contributed by atoms with Crippen molar-refractivity contribution in [1.82, 2.24) is 15.5 Å². The summed E-state index contributed by atoms with van der Waals surface area (Å²) in [6, 6.07) is 6.70. The molecule has 1 aliphatic rings. The molecule has 1 aliphatic heterocycles. The van der Waals surface area contributed by atoms with Gasteiger partial charge in [0, 0.05) is 30.8 Å². The minimum Gasteiger partial charge on any atom is -0.399 e. The molecule has 0 spiro atoms. The molecule has 6 heteroatoms. The molecule has 0 unspecified atom stereocenters. The second-order valence-electron chi connectivity index (χ2n) is 5.88. The van der Waals surface area contributed by atoms with Gasteiger partial charge in [-0.1, -0.05) is 0 Å². The molecule has 2 rings (SSSR count). The summed E-state index contributed by atoms with van der Waals surface area (Å²) in [5, 5.41) is 5.63. The number of anilines is 1. The lowest BCUT2D eigenvalue weighted by Gasteiger charge is -2.14. The smallest absolute Gasteiger partial charge is 0.251 e. The molecule has 0 aliphatic carbocycles. The molecular formula is C17H26N4O2. The van der Waals surface area contributed by atoms with Gasteiger partial charge in [-0.3, -0.25) is 9.59 Å². The predicted molar refractivity (Wildman–Crippen MR) is 91.1 cm³/mol. The van der Waals surface area contributed by atoms with E-state index in [1.807, 2.05) is 0 Å². The van der Waals surface area contributed by atoms with Gasteiger partial charge in [-0.15, -0.1) is 0 Å². The lowest BCUT2D eigenvalue weighted by molar-refractivity contribution is -0.120. The summed E-state index contributed by atoms with van der Waals surface area (Å²) in [7, 11) is 0. The number of hydrogen-bond donors (Lipinski definition) is 3. The van der Waals surface area contributed by atoms with Gasteiger partial charge < -0.3 is 21.3 Å². The summed E-state index contributed by atoms with van der Waals surface area (Å²) < 4.78 is 0. The minimum atomic E-state index is -0.188. The molecule has 4 N–H and O–H groups in total. The zero-order valence-corrected chi connectivity index (χ0v) is 13.5. The second-order valence-corrected chi connectivity index (χ2v) is 5.88. The molecule has 0 radical (unpaired) electrons. The third-order valence-corrected chi connectivity index (χ3v) is 3.98. The maximum Gasteiger partial charge on any atom is 0.251 e. The monoisotopic (exact) mass is 318 g/mol. The number of nitrogens with zero attached hydrogens (tertiary/aromatic N) is 1. The van der Waals surface area contributed by atoms with Gasteiger partial charge in [-0.2, -0.15) is 0 Å². The molecule has 1 aromatic rings. The molecule has 23 heavy (non-hydrogen) atoms. The van der Waals surface area contributed by atoms with Crippen molar-refractivity contribution >= 4 is 17.5 Å². The van der Waals surface area contributed by atoms with E-state index in [-0.39, 0.29) is 11.8 Å². The van der Waals surface area contributed by atoms with Crippen LogP contribution in [0, 0.1) is 0 Å². The van der Waals surface area contributed by atoms with E-state index in [1.54, 1.807) is 24.3 Å². The maximum absolute atomic E-state index is 11.9. The van der Waals surface area contributed by atoms with Gasteiger partial charge >= 0.3 is 0 Å². The molecule has 0 atom stereocenters. The first-order valence-electron chi connectivity index (χ1n) is 8.28. The Balaban J connectivity index is 1.53. The Bertz CT molecular complexity index is 510. The fourth-order valence-electron chi connectivity index (χ4n) is 2.65. The van der Waals surface area contributed by atoms with Crippen molar-refractivity contribution in [2.75, 3.05) is 38.5 Å². The SMILES string of the molecule is Nc1ccc(C(=O)NCCC(=O)NCCCN2CCCC2)cc1. The number of carbonyl (C=O) groups excluding carboxylic acids is 2. The average molecular weight is 318 g/mol. The van der Waals surface area contributed by atoms with Gasteiger partial charge in [0.15, 0.2) is 0 Å². The van der Waals surface area contributed by atoms with Gasteiger partial charge in [-0.25, -0.2) is 0 Å². The van der Waals surface area contributed by atoms with Crippen molar-refractivity contribution in [3.05, 3.63) is 29.8 Å². The molecular weight excluding hydrogens is 292 g/mol. The van der Waals surface area contributed by atoms with Crippen molar-refractivity contribution < 1.29 is 9.59 Å². The van der Waals surface area contributed by atoms with E-state index in [2.05, 4.69) is 15.5 Å². The maximum atomic E-state index is 11.9. The van der Waals surface area contributed by atoms with Gasteiger partial charge in [0.05, 0.1) is 0 Å². The van der Waals surface area contributed by atoms with Gasteiger partial charge in [0.25, 0.3) is 5.91 Å². The molecule has 1 heterocycles. The molecule has 1 fully saturated rings. The summed E-state index contributed by atoms with van der Waals surface area (Å²) in [6.45, 7) is 4.45. The first-order chi connectivity index (χ1) is 11.1. The third-order valence-electron chi connectivity index (χ3n) is 3.98. The van der Waals surface area contributed by atoms with Crippen LogP contribution in [0.3, 0.4) is 0 Å². The van der Waals surface area contributed by atoms with E-state index in [1.165, 1.54) is 25.9 Å². The predicted octanol–water partition coefficient (Wildman–Crippen LogP) is 0.991. The largest absolute Gasteiger partial charge is 0.399 e. The van der Waals surface area contributed by atoms with Crippen molar-refractivity contribution in [3.8, 4) is 0 Å². The highest BCUT2D eigenvalue weighted by Gasteiger charge is 2.10. The van der Waals surface area contributed by atoms with Crippen LogP contribution in [0.2, 0.25) is 0 Å². The highest BCUT2D eigenvalue weighted by Crippen LogP contribution is 2.07. The zero-order valence-electron chi connectivity index (χ0n) is 13.5. The first kappa shape index (κ1) is 17.3. The summed E-state index contributed by atoms with van der Waals surface area (Å²) in [5.74, 6) is -0.212. The van der Waals surface area contributed by atoms with E-state index < -0.39 is 0 Å². The van der Waals surface area contributed by atoms with E-state index in [4.69, 9.17) is 5.73 Å². The number of benzene rings is 1. The summed E-state index contributed by atoms with van der Waals surface area (Å²) in [4.78, 5) is 26.0. The standard InChI is InChI=1S/C17H26N4O2/c18-15-6-4-14(5-7-15)17(23)20-10-8-16(22)19-9-3-13-21-11-1-2-12-21/h4-7H,1-3,8-13,18H2,(H,19,22)(H,20,23). The number of likely N-dealkylation sites (tertiary alicyclic amines) is 1. The van der Waals surface area contributed by atoms with Crippen molar-refractivity contribution in [2.24, 2.45) is 0 Å². The minimum absolute atomic E-state index is 0.0240. The second kappa shape index (κ2) is 9.15. The number of nitrogen functional groups attached to an aromatic ring is 1. The highest BCUT2D eigenvalue weighted by molar-refractivity contribution is 5.94. The lowest BCUT2D eigenvalue weighted by atomic mass is 10.2. The van der Waals surface area contributed by atoms with Gasteiger partial charge in [-0.05, 0) is 63.2 Å². The first-order valence-corrected chi connectivity index (χ1v) is 8.28. The van der Waals surface area contributed by atoms with Gasteiger partial charge in [0.2, 0.25) is 5.91 Å². The van der Waals surface area contributed by atoms with Crippen LogP contribution in [0.15, 0.2) is 24.3 Å². The topological polar surface area (TPSA) is 87.5 Å². The number of rotatable bonds is 8. The van der Waals surface area contributed by atoms with E-state index in [0.717, 1.165) is 13.0 Å². The van der Waals surface area contributed by atoms with Crippen LogP contribution in [0.4, 0.5) is 5.69 Å². The number of nitrogens with one attached hydrogen (secondary N) is 2. The van der Waals surface area contributed by atoms with Crippen LogP contribution in [0.5, 0.6) is 0 Å². The Morgan fingerprint density at radius 2 is 1.74 bits per heavy atom. The summed E-state index contributed by atoms with van der Waals surface area (Å²) >= 11 is 0. The number of hydrogen-bond acceptors (Lipinski definition) is 4. The normalized spacial score (nSPS) is 14.6. The Morgan fingerprint density at radius 3 is 2.43 bits per heavy atom. The Hall–Kier alpha value is -2.08. The molecule has 2 amide bonds. The number of carbonyl (C=O) groups is 2. The van der Waals surface area contributed by atoms with E-state index >= 15 is 0 Å². The van der Waals surface area contributed by atoms with Crippen molar-refractivity contribution in [2.45, 2.75) is 25.7 Å². The molecule has 0 bridgehead atoms. The Labute approximate surface area is 137 Å². The molecule has 1 saturated heterocycles. The van der Waals surface area contributed by atoms with E-state index in [9.17, 15) is 9.59 Å². The Morgan fingerprint density at radius 1 is 1.04 bits per heavy atom. The molecule has 0 saturated carbocycles. The Kier molecular flexibility index (Phi) is 6.87. The van der Waals surface area contributed by atoms with Crippen LogP contribution in [-0.4, -0.2) is 49.4 Å². The molecule has 126 valence electrons.